The van der Waals surface area contributed by atoms with Crippen LogP contribution in [0.3, 0.4) is 0 Å². The fraction of sp³-hybridized carbons (Fsp3) is 0.382. The van der Waals surface area contributed by atoms with Crippen LogP contribution < -0.4 is 10.6 Å². The Morgan fingerprint density at radius 3 is 1.77 bits per heavy atom. The molecule has 0 heterocycles. The van der Waals surface area contributed by atoms with Crippen LogP contribution in [0.4, 0.5) is 13.6 Å². The SMILES string of the molecule is CCC(=O)C(c1ccccc1F)(c1ccccc1F)C(O)C(NC(=O)[C@@H](NC(=O)OCc1ccccc1)C(C)C)C(C)C. The molecule has 0 aliphatic heterocycles. The van der Waals surface area contributed by atoms with Crippen LogP contribution >= 0.6 is 0 Å². The first-order valence-electron chi connectivity index (χ1n) is 14.4. The van der Waals surface area contributed by atoms with Crippen molar-refractivity contribution in [1.29, 1.82) is 0 Å². The molecule has 2 unspecified atom stereocenters. The zero-order valence-corrected chi connectivity index (χ0v) is 25.1. The summed E-state index contributed by atoms with van der Waals surface area (Å²) in [5.74, 6) is -3.78. The first-order valence-corrected chi connectivity index (χ1v) is 14.4. The summed E-state index contributed by atoms with van der Waals surface area (Å²) in [4.78, 5) is 40.2. The summed E-state index contributed by atoms with van der Waals surface area (Å²) in [5, 5.41) is 17.5. The number of Topliss-reactive ketones (excluding diaryl/α,β-unsaturated/α-hetero) is 1. The zero-order chi connectivity index (χ0) is 31.7. The normalized spacial score (nSPS) is 13.7. The Kier molecular flexibility index (Phi) is 11.5. The van der Waals surface area contributed by atoms with Gasteiger partial charge in [-0.1, -0.05) is 101 Å². The van der Waals surface area contributed by atoms with Gasteiger partial charge in [-0.15, -0.1) is 0 Å². The van der Waals surface area contributed by atoms with Crippen molar-refractivity contribution in [2.24, 2.45) is 11.8 Å². The molecular weight excluding hydrogens is 554 g/mol. The van der Waals surface area contributed by atoms with Crippen LogP contribution in [0.2, 0.25) is 0 Å². The van der Waals surface area contributed by atoms with Gasteiger partial charge >= 0.3 is 6.09 Å². The van der Waals surface area contributed by atoms with E-state index in [4.69, 9.17) is 4.74 Å². The number of amides is 2. The Balaban J connectivity index is 2.01. The lowest BCUT2D eigenvalue weighted by molar-refractivity contribution is -0.132. The third-order valence-electron chi connectivity index (χ3n) is 7.60. The van der Waals surface area contributed by atoms with E-state index in [0.29, 0.717) is 0 Å². The number of aliphatic hydroxyl groups is 1. The van der Waals surface area contributed by atoms with Crippen molar-refractivity contribution in [3.05, 3.63) is 107 Å². The van der Waals surface area contributed by atoms with Crippen LogP contribution in [0.1, 0.15) is 57.7 Å². The van der Waals surface area contributed by atoms with Crippen molar-refractivity contribution < 1.29 is 33.0 Å². The van der Waals surface area contributed by atoms with Crippen molar-refractivity contribution in [3.63, 3.8) is 0 Å². The van der Waals surface area contributed by atoms with E-state index in [9.17, 15) is 19.5 Å². The number of aliphatic hydroxyl groups excluding tert-OH is 1. The molecule has 0 fully saturated rings. The summed E-state index contributed by atoms with van der Waals surface area (Å²) in [7, 11) is 0. The van der Waals surface area contributed by atoms with Crippen LogP contribution in [-0.4, -0.2) is 41.1 Å². The summed E-state index contributed by atoms with van der Waals surface area (Å²) in [6, 6.07) is 17.7. The maximum absolute atomic E-state index is 15.5. The third-order valence-corrected chi connectivity index (χ3v) is 7.60. The molecule has 0 aromatic heterocycles. The lowest BCUT2D eigenvalue weighted by atomic mass is 9.63. The first kappa shape index (κ1) is 33.4. The number of carbonyl (C=O) groups is 3. The fourth-order valence-corrected chi connectivity index (χ4v) is 5.33. The molecule has 0 aliphatic rings. The van der Waals surface area contributed by atoms with Crippen LogP contribution in [0.5, 0.6) is 0 Å². The molecule has 0 bridgehead atoms. The molecule has 3 aromatic carbocycles. The van der Waals surface area contributed by atoms with Gasteiger partial charge in [0.15, 0.2) is 0 Å². The molecule has 9 heteroatoms. The Bertz CT molecular complexity index is 1350. The van der Waals surface area contributed by atoms with Crippen molar-refractivity contribution in [2.45, 2.75) is 71.2 Å². The molecule has 230 valence electrons. The average molecular weight is 595 g/mol. The van der Waals surface area contributed by atoms with Crippen LogP contribution in [0, 0.1) is 23.5 Å². The number of halogens is 2. The molecule has 0 spiro atoms. The molecule has 0 radical (unpaired) electrons. The predicted octanol–water partition coefficient (Wildman–Crippen LogP) is 5.68. The standard InChI is InChI=1S/C34H40F2N2O5/c1-6-28(39)34(24-16-10-12-18-26(24)35,25-17-11-13-19-27(25)36)31(40)29(21(2)3)37-32(41)30(22(4)5)38-33(42)43-20-23-14-8-7-9-15-23/h7-19,21-22,29-31,40H,6,20H2,1-5H3,(H,37,41)(H,38,42)/t29?,30-,31?/m0/s1. The lowest BCUT2D eigenvalue weighted by Crippen LogP contribution is -2.62. The molecule has 3 atom stereocenters. The van der Waals surface area contributed by atoms with Crippen molar-refractivity contribution in [1.82, 2.24) is 10.6 Å². The number of benzene rings is 3. The number of hydrogen-bond donors (Lipinski definition) is 3. The van der Waals surface area contributed by atoms with E-state index in [0.717, 1.165) is 17.7 Å². The van der Waals surface area contributed by atoms with E-state index < -0.39 is 64.9 Å². The molecule has 2 amide bonds. The minimum Gasteiger partial charge on any atom is -0.445 e. The van der Waals surface area contributed by atoms with E-state index in [1.807, 2.05) is 18.2 Å². The molecule has 0 aliphatic carbocycles. The summed E-state index contributed by atoms with van der Waals surface area (Å²) in [5.41, 5.74) is -1.84. The Morgan fingerprint density at radius 2 is 1.30 bits per heavy atom. The van der Waals surface area contributed by atoms with Crippen molar-refractivity contribution in [3.8, 4) is 0 Å². The maximum Gasteiger partial charge on any atom is 0.408 e. The van der Waals surface area contributed by atoms with Gasteiger partial charge in [-0.3, -0.25) is 9.59 Å². The third kappa shape index (κ3) is 7.46. The molecule has 3 N–H and O–H groups in total. The smallest absolute Gasteiger partial charge is 0.408 e. The van der Waals surface area contributed by atoms with Gasteiger partial charge in [-0.25, -0.2) is 13.6 Å². The predicted molar refractivity (Wildman–Crippen MR) is 160 cm³/mol. The lowest BCUT2D eigenvalue weighted by Gasteiger charge is -2.43. The quantitative estimate of drug-likeness (QED) is 0.236. The van der Waals surface area contributed by atoms with E-state index in [1.54, 1.807) is 46.8 Å². The van der Waals surface area contributed by atoms with Crippen LogP contribution in [0.15, 0.2) is 78.9 Å². The van der Waals surface area contributed by atoms with E-state index in [1.165, 1.54) is 36.4 Å². The largest absolute Gasteiger partial charge is 0.445 e. The van der Waals surface area contributed by atoms with E-state index in [-0.39, 0.29) is 24.2 Å². The molecular formula is C34H40F2N2O5. The number of ketones is 1. The highest BCUT2D eigenvalue weighted by molar-refractivity contribution is 5.95. The topological polar surface area (TPSA) is 105 Å². The molecule has 3 rings (SSSR count). The molecule has 3 aromatic rings. The van der Waals surface area contributed by atoms with Gasteiger partial charge in [0.25, 0.3) is 0 Å². The highest BCUT2D eigenvalue weighted by atomic mass is 19.1. The van der Waals surface area contributed by atoms with Gasteiger partial charge in [0.1, 0.15) is 35.5 Å². The van der Waals surface area contributed by atoms with E-state index >= 15 is 8.78 Å². The highest BCUT2D eigenvalue weighted by Crippen LogP contribution is 2.42. The second-order valence-corrected chi connectivity index (χ2v) is 11.2. The average Bonchev–Trinajstić information content (AvgIpc) is 2.99. The van der Waals surface area contributed by atoms with Gasteiger partial charge in [0.2, 0.25) is 5.91 Å². The van der Waals surface area contributed by atoms with Crippen LogP contribution in [-0.2, 0) is 26.3 Å². The zero-order valence-electron chi connectivity index (χ0n) is 25.1. The summed E-state index contributed by atoms with van der Waals surface area (Å²) >= 11 is 0. The second-order valence-electron chi connectivity index (χ2n) is 11.2. The second kappa shape index (κ2) is 14.9. The summed E-state index contributed by atoms with van der Waals surface area (Å²) in [6.07, 6.45) is -2.76. The number of hydrogen-bond acceptors (Lipinski definition) is 5. The number of nitrogens with one attached hydrogen (secondary N) is 2. The van der Waals surface area contributed by atoms with Gasteiger partial charge in [-0.2, -0.15) is 0 Å². The number of ether oxygens (including phenoxy) is 1. The van der Waals surface area contributed by atoms with Gasteiger partial charge in [-0.05, 0) is 29.5 Å². The highest BCUT2D eigenvalue weighted by Gasteiger charge is 2.53. The Morgan fingerprint density at radius 1 is 0.791 bits per heavy atom. The Labute approximate surface area is 251 Å². The number of alkyl carbamates (subject to hydrolysis) is 1. The van der Waals surface area contributed by atoms with Crippen molar-refractivity contribution >= 4 is 17.8 Å². The fourth-order valence-electron chi connectivity index (χ4n) is 5.33. The number of rotatable bonds is 13. The van der Waals surface area contributed by atoms with E-state index in [2.05, 4.69) is 10.6 Å². The Hall–Kier alpha value is -4.11. The summed E-state index contributed by atoms with van der Waals surface area (Å²) < 4.78 is 36.3. The number of carbonyl (C=O) groups excluding carboxylic acids is 3. The summed E-state index contributed by atoms with van der Waals surface area (Å²) in [6.45, 7) is 8.43. The van der Waals surface area contributed by atoms with Crippen molar-refractivity contribution in [2.75, 3.05) is 0 Å². The monoisotopic (exact) mass is 594 g/mol. The molecule has 0 saturated heterocycles. The van der Waals surface area contributed by atoms with Gasteiger partial charge in [0.05, 0.1) is 12.1 Å². The first-order chi connectivity index (χ1) is 20.4. The van der Waals surface area contributed by atoms with Gasteiger partial charge < -0.3 is 20.5 Å². The molecule has 7 nitrogen and oxygen atoms in total. The molecule has 0 saturated carbocycles. The molecule has 43 heavy (non-hydrogen) atoms. The minimum absolute atomic E-state index is 0.000625. The minimum atomic E-state index is -2.19. The maximum atomic E-state index is 15.5. The van der Waals surface area contributed by atoms with Crippen LogP contribution in [0.25, 0.3) is 0 Å². The van der Waals surface area contributed by atoms with Gasteiger partial charge in [0, 0.05) is 17.5 Å².